The Morgan fingerprint density at radius 1 is 1.35 bits per heavy atom. The molecule has 0 fully saturated rings. The van der Waals surface area contributed by atoms with Gasteiger partial charge in [-0.15, -0.1) is 0 Å². The third-order valence-corrected chi connectivity index (χ3v) is 6.43. The topological polar surface area (TPSA) is 113 Å². The number of nitrogens with two attached hydrogens (primary N) is 1. The Labute approximate surface area is 187 Å². The van der Waals surface area contributed by atoms with E-state index in [4.69, 9.17) is 11.0 Å². The predicted molar refractivity (Wildman–Crippen MR) is 111 cm³/mol. The smallest absolute Gasteiger partial charge is 0.425 e. The molecule has 0 spiro atoms. The van der Waals surface area contributed by atoms with Gasteiger partial charge in [-0.2, -0.15) is 18.4 Å². The molecule has 162 valence electrons. The molecule has 1 aromatic heterocycles. The summed E-state index contributed by atoms with van der Waals surface area (Å²) in [5.41, 5.74) is 5.63. The van der Waals surface area contributed by atoms with Crippen LogP contribution < -0.4 is 11.1 Å². The van der Waals surface area contributed by atoms with Gasteiger partial charge in [0, 0.05) is 23.4 Å². The molecule has 0 radical (unpaired) electrons. The van der Waals surface area contributed by atoms with Crippen LogP contribution >= 0.6 is 22.6 Å². The molecule has 1 aromatic carbocycles. The first-order valence-electron chi connectivity index (χ1n) is 8.71. The Bertz CT molecular complexity index is 1080. The van der Waals surface area contributed by atoms with E-state index in [2.05, 4.69) is 20.0 Å². The number of nitriles is 1. The molecular formula is C19H14F4IN5O2. The van der Waals surface area contributed by atoms with Crippen molar-refractivity contribution >= 4 is 40.2 Å². The number of alkyl halides is 4. The van der Waals surface area contributed by atoms with Crippen molar-refractivity contribution < 1.29 is 27.1 Å². The van der Waals surface area contributed by atoms with E-state index in [1.54, 1.807) is 22.6 Å². The highest BCUT2D eigenvalue weighted by atomic mass is 127. The van der Waals surface area contributed by atoms with Crippen molar-refractivity contribution in [2.24, 2.45) is 16.6 Å². The van der Waals surface area contributed by atoms with Crippen LogP contribution in [0.4, 0.5) is 23.2 Å². The maximum Gasteiger partial charge on any atom is 0.425 e. The van der Waals surface area contributed by atoms with Crippen molar-refractivity contribution in [1.29, 1.82) is 5.26 Å². The molecule has 1 amide bonds. The van der Waals surface area contributed by atoms with E-state index in [-0.39, 0.29) is 22.5 Å². The average Bonchev–Trinajstić information content (AvgIpc) is 2.71. The maximum atomic E-state index is 14.7. The molecular weight excluding hydrogens is 533 g/mol. The number of rotatable bonds is 3. The molecule has 2 aromatic rings. The molecule has 0 saturated heterocycles. The third-order valence-electron chi connectivity index (χ3n) is 4.63. The Morgan fingerprint density at radius 2 is 2.06 bits per heavy atom. The minimum absolute atomic E-state index is 0.00658. The molecule has 3 atom stereocenters. The number of ether oxygens (including phenoxy) is 1. The van der Waals surface area contributed by atoms with Gasteiger partial charge in [-0.05, 0) is 52.9 Å². The number of aliphatic imine (C=N–C) groups is 1. The van der Waals surface area contributed by atoms with Crippen molar-refractivity contribution in [1.82, 2.24) is 4.98 Å². The fourth-order valence-electron chi connectivity index (χ4n) is 3.04. The van der Waals surface area contributed by atoms with E-state index in [1.165, 1.54) is 37.4 Å². The summed E-state index contributed by atoms with van der Waals surface area (Å²) in [7, 11) is 0. The van der Waals surface area contributed by atoms with Crippen LogP contribution in [0.5, 0.6) is 0 Å². The number of amides is 1. The lowest BCUT2D eigenvalue weighted by Gasteiger charge is -2.40. The normalized spacial score (nSPS) is 23.3. The number of carbonyl (C=O) groups is 1. The molecule has 0 aliphatic carbocycles. The second-order valence-electron chi connectivity index (χ2n) is 6.68. The van der Waals surface area contributed by atoms with E-state index in [0.717, 1.165) is 6.07 Å². The summed E-state index contributed by atoms with van der Waals surface area (Å²) in [5.74, 6) is -2.81. The van der Waals surface area contributed by atoms with Gasteiger partial charge in [-0.1, -0.05) is 6.92 Å². The number of amidine groups is 1. The quantitative estimate of drug-likeness (QED) is 0.263. The Balaban J connectivity index is 1.95. The first-order chi connectivity index (χ1) is 14.5. The van der Waals surface area contributed by atoms with Gasteiger partial charge >= 0.3 is 6.18 Å². The standard InChI is InChI=1S/C19H14F4IN5O2/c1-9-15(19(21,22)23)31-17(26)29-18(9,24)12-6-11(3-4-13(12)20)28-16(30)14-5-2-10(7-25)8-27-14/h2-6,8-9,15H,1H3,(H2,26,29)(H,28,30)/t9-,15-,18-/m0/s1. The first kappa shape index (κ1) is 22.7. The molecule has 3 rings (SSSR count). The average molecular weight is 547 g/mol. The number of hydrogen-bond acceptors (Lipinski definition) is 6. The van der Waals surface area contributed by atoms with Gasteiger partial charge in [-0.3, -0.25) is 4.79 Å². The maximum absolute atomic E-state index is 14.7. The molecule has 12 heteroatoms. The number of pyridine rings is 1. The summed E-state index contributed by atoms with van der Waals surface area (Å²) >= 11 is 1.60. The zero-order chi connectivity index (χ0) is 23.0. The summed E-state index contributed by atoms with van der Waals surface area (Å²) < 4.78 is 57.8. The van der Waals surface area contributed by atoms with Gasteiger partial charge in [0.05, 0.1) is 5.56 Å². The Morgan fingerprint density at radius 3 is 2.65 bits per heavy atom. The Kier molecular flexibility index (Phi) is 6.08. The molecule has 2 heterocycles. The largest absolute Gasteiger partial charge is 0.452 e. The van der Waals surface area contributed by atoms with Crippen LogP contribution in [0, 0.1) is 23.1 Å². The zero-order valence-electron chi connectivity index (χ0n) is 15.7. The number of nitrogens with zero attached hydrogens (tertiary/aromatic N) is 3. The van der Waals surface area contributed by atoms with Gasteiger partial charge in [-0.25, -0.2) is 14.4 Å². The van der Waals surface area contributed by atoms with Crippen LogP contribution in [-0.2, 0) is 8.28 Å². The fourth-order valence-corrected chi connectivity index (χ4v) is 4.02. The van der Waals surface area contributed by atoms with Crippen LogP contribution in [0.3, 0.4) is 0 Å². The van der Waals surface area contributed by atoms with E-state index >= 15 is 0 Å². The number of anilines is 1. The molecule has 3 N–H and O–H groups in total. The number of aromatic nitrogens is 1. The molecule has 0 bridgehead atoms. The summed E-state index contributed by atoms with van der Waals surface area (Å²) in [6.07, 6.45) is -5.83. The van der Waals surface area contributed by atoms with Crippen molar-refractivity contribution in [3.05, 3.63) is 59.2 Å². The fraction of sp³-hybridized carbons (Fsp3) is 0.263. The molecule has 7 nitrogen and oxygen atoms in total. The number of halogens is 5. The van der Waals surface area contributed by atoms with Gasteiger partial charge in [0.2, 0.25) is 6.10 Å². The van der Waals surface area contributed by atoms with Gasteiger partial charge in [0.25, 0.3) is 11.9 Å². The molecule has 31 heavy (non-hydrogen) atoms. The van der Waals surface area contributed by atoms with Crippen molar-refractivity contribution in [2.45, 2.75) is 22.7 Å². The monoisotopic (exact) mass is 547 g/mol. The molecule has 1 aliphatic heterocycles. The number of benzene rings is 1. The molecule has 0 unspecified atom stereocenters. The van der Waals surface area contributed by atoms with E-state index in [1.807, 2.05) is 6.07 Å². The third kappa shape index (κ3) is 4.55. The summed E-state index contributed by atoms with van der Waals surface area (Å²) in [4.78, 5) is 20.2. The van der Waals surface area contributed by atoms with Crippen LogP contribution in [-0.4, -0.2) is 29.2 Å². The lowest BCUT2D eigenvalue weighted by molar-refractivity contribution is -0.219. The van der Waals surface area contributed by atoms with Crippen molar-refractivity contribution in [2.75, 3.05) is 5.32 Å². The number of nitrogens with one attached hydrogen (secondary N) is 1. The van der Waals surface area contributed by atoms with Crippen molar-refractivity contribution in [3.63, 3.8) is 0 Å². The SMILES string of the molecule is C[C@H]1[C@@H](C(F)(F)F)OC(N)=N[C@]1(I)c1cc(NC(=O)c2ccc(C#N)cn2)ccc1F. The van der Waals surface area contributed by atoms with Crippen molar-refractivity contribution in [3.8, 4) is 6.07 Å². The minimum atomic E-state index is -4.75. The Hall–Kier alpha value is -2.95. The summed E-state index contributed by atoms with van der Waals surface area (Å²) in [6.45, 7) is 1.23. The molecule has 0 saturated carbocycles. The van der Waals surface area contributed by atoms with Gasteiger partial charge in [0.1, 0.15) is 17.6 Å². The van der Waals surface area contributed by atoms with E-state index in [9.17, 15) is 22.4 Å². The lowest BCUT2D eigenvalue weighted by atomic mass is 9.88. The predicted octanol–water partition coefficient (Wildman–Crippen LogP) is 3.84. The van der Waals surface area contributed by atoms with Crippen LogP contribution in [0.15, 0.2) is 41.5 Å². The van der Waals surface area contributed by atoms with Gasteiger partial charge in [0.15, 0.2) is 3.55 Å². The second-order valence-corrected chi connectivity index (χ2v) is 8.33. The van der Waals surface area contributed by atoms with Gasteiger partial charge < -0.3 is 15.8 Å². The van der Waals surface area contributed by atoms with Crippen LogP contribution in [0.25, 0.3) is 0 Å². The van der Waals surface area contributed by atoms with E-state index < -0.39 is 39.5 Å². The minimum Gasteiger partial charge on any atom is -0.452 e. The number of carbonyl (C=O) groups excluding carboxylic acids is 1. The zero-order valence-corrected chi connectivity index (χ0v) is 17.9. The second kappa shape index (κ2) is 8.29. The molecule has 1 aliphatic rings. The number of hydrogen-bond donors (Lipinski definition) is 2. The highest BCUT2D eigenvalue weighted by Crippen LogP contribution is 2.49. The lowest BCUT2D eigenvalue weighted by Crippen LogP contribution is -2.51. The van der Waals surface area contributed by atoms with Crippen LogP contribution in [0.1, 0.15) is 28.5 Å². The van der Waals surface area contributed by atoms with Crippen LogP contribution in [0.2, 0.25) is 0 Å². The summed E-state index contributed by atoms with van der Waals surface area (Å²) in [5, 5.41) is 11.3. The highest BCUT2D eigenvalue weighted by molar-refractivity contribution is 14.1. The van der Waals surface area contributed by atoms with E-state index in [0.29, 0.717) is 0 Å². The first-order valence-corrected chi connectivity index (χ1v) is 9.78. The highest BCUT2D eigenvalue weighted by Gasteiger charge is 2.56. The summed E-state index contributed by atoms with van der Waals surface area (Å²) in [6, 6.07) is 7.33.